The molecule has 3 N–H and O–H groups in total. The van der Waals surface area contributed by atoms with E-state index in [1.165, 1.54) is 0 Å². The Kier molecular flexibility index (Phi) is 3.66. The van der Waals surface area contributed by atoms with E-state index in [2.05, 4.69) is 10.1 Å². The van der Waals surface area contributed by atoms with Crippen molar-refractivity contribution >= 4 is 17.3 Å². The van der Waals surface area contributed by atoms with E-state index < -0.39 is 0 Å². The molecule has 0 fully saturated rings. The number of rotatable bonds is 3. The third-order valence-corrected chi connectivity index (χ3v) is 2.88. The zero-order valence-electron chi connectivity index (χ0n) is 10.9. The first kappa shape index (κ1) is 12.9. The molecule has 5 nitrogen and oxygen atoms in total. The minimum absolute atomic E-state index is 0.0441. The SMILES string of the molecule is Cc1cccc(N(C)c2ncccc2C(N)=NO)c1. The lowest BCUT2D eigenvalue weighted by Gasteiger charge is -2.21. The van der Waals surface area contributed by atoms with Crippen molar-refractivity contribution in [3.8, 4) is 0 Å². The molecule has 5 heteroatoms. The summed E-state index contributed by atoms with van der Waals surface area (Å²) < 4.78 is 0. The van der Waals surface area contributed by atoms with Crippen LogP contribution >= 0.6 is 0 Å². The second-order valence-corrected chi connectivity index (χ2v) is 4.26. The Hall–Kier alpha value is -2.56. The van der Waals surface area contributed by atoms with Gasteiger partial charge in [0.2, 0.25) is 0 Å². The molecule has 98 valence electrons. The summed E-state index contributed by atoms with van der Waals surface area (Å²) in [5.41, 5.74) is 8.42. The third-order valence-electron chi connectivity index (χ3n) is 2.88. The molecule has 1 aromatic heterocycles. The molecule has 2 rings (SSSR count). The molecule has 2 aromatic rings. The molecular formula is C14H16N4O. The van der Waals surface area contributed by atoms with Crippen LogP contribution < -0.4 is 10.6 Å². The van der Waals surface area contributed by atoms with E-state index in [1.54, 1.807) is 18.3 Å². The van der Waals surface area contributed by atoms with Crippen molar-refractivity contribution in [2.24, 2.45) is 10.9 Å². The van der Waals surface area contributed by atoms with Gasteiger partial charge in [0.15, 0.2) is 5.84 Å². The third kappa shape index (κ3) is 2.65. The van der Waals surface area contributed by atoms with Crippen LogP contribution in [0.2, 0.25) is 0 Å². The van der Waals surface area contributed by atoms with Gasteiger partial charge in [-0.1, -0.05) is 17.3 Å². The fraction of sp³-hybridized carbons (Fsp3) is 0.143. The van der Waals surface area contributed by atoms with E-state index in [1.807, 2.05) is 43.1 Å². The molecule has 0 aliphatic carbocycles. The van der Waals surface area contributed by atoms with Gasteiger partial charge < -0.3 is 15.8 Å². The lowest BCUT2D eigenvalue weighted by atomic mass is 10.2. The number of nitrogens with two attached hydrogens (primary N) is 1. The highest BCUT2D eigenvalue weighted by molar-refractivity contribution is 6.01. The van der Waals surface area contributed by atoms with Gasteiger partial charge in [0.1, 0.15) is 5.82 Å². The van der Waals surface area contributed by atoms with Crippen LogP contribution in [0.5, 0.6) is 0 Å². The predicted octanol–water partition coefficient (Wildman–Crippen LogP) is 2.25. The number of aryl methyl sites for hydroxylation is 1. The van der Waals surface area contributed by atoms with Gasteiger partial charge in [-0.25, -0.2) is 4.98 Å². The fourth-order valence-electron chi connectivity index (χ4n) is 1.88. The number of aromatic nitrogens is 1. The van der Waals surface area contributed by atoms with Crippen LogP contribution in [0.4, 0.5) is 11.5 Å². The summed E-state index contributed by atoms with van der Waals surface area (Å²) in [5.74, 6) is 0.686. The van der Waals surface area contributed by atoms with Crippen LogP contribution in [0.3, 0.4) is 0 Å². The van der Waals surface area contributed by atoms with Crippen molar-refractivity contribution < 1.29 is 5.21 Å². The maximum atomic E-state index is 8.83. The van der Waals surface area contributed by atoms with Crippen LogP contribution in [-0.2, 0) is 0 Å². The molecule has 0 aliphatic heterocycles. The minimum Gasteiger partial charge on any atom is -0.409 e. The molecule has 0 unspecified atom stereocenters. The lowest BCUT2D eigenvalue weighted by molar-refractivity contribution is 0.318. The molecule has 0 spiro atoms. The first-order chi connectivity index (χ1) is 9.13. The zero-order valence-corrected chi connectivity index (χ0v) is 10.9. The largest absolute Gasteiger partial charge is 0.409 e. The Labute approximate surface area is 112 Å². The van der Waals surface area contributed by atoms with Crippen molar-refractivity contribution in [1.82, 2.24) is 4.98 Å². The molecule has 0 amide bonds. The van der Waals surface area contributed by atoms with Gasteiger partial charge in [-0.05, 0) is 36.8 Å². The summed E-state index contributed by atoms with van der Waals surface area (Å²) in [5, 5.41) is 11.9. The Morgan fingerprint density at radius 2 is 2.11 bits per heavy atom. The first-order valence-corrected chi connectivity index (χ1v) is 5.87. The van der Waals surface area contributed by atoms with Gasteiger partial charge in [-0.15, -0.1) is 0 Å². The van der Waals surface area contributed by atoms with Crippen LogP contribution in [0.15, 0.2) is 47.8 Å². The van der Waals surface area contributed by atoms with E-state index in [0.29, 0.717) is 11.4 Å². The standard InChI is InChI=1S/C14H16N4O/c1-10-5-3-6-11(9-10)18(2)14-12(13(15)17-19)7-4-8-16-14/h3-9,19H,1-2H3,(H2,15,17). The van der Waals surface area contributed by atoms with Gasteiger partial charge in [0.25, 0.3) is 0 Å². The zero-order chi connectivity index (χ0) is 13.8. The van der Waals surface area contributed by atoms with E-state index in [0.717, 1.165) is 11.3 Å². The second-order valence-electron chi connectivity index (χ2n) is 4.26. The van der Waals surface area contributed by atoms with Gasteiger partial charge >= 0.3 is 0 Å². The molecule has 19 heavy (non-hydrogen) atoms. The molecule has 1 heterocycles. The number of oxime groups is 1. The van der Waals surface area contributed by atoms with E-state index >= 15 is 0 Å². The maximum Gasteiger partial charge on any atom is 0.173 e. The number of hydrogen-bond acceptors (Lipinski definition) is 4. The Bertz CT molecular complexity index is 610. The molecule has 1 aromatic carbocycles. The molecule has 0 aliphatic rings. The predicted molar refractivity (Wildman–Crippen MR) is 76.0 cm³/mol. The number of hydrogen-bond donors (Lipinski definition) is 2. The highest BCUT2D eigenvalue weighted by atomic mass is 16.4. The van der Waals surface area contributed by atoms with Crippen LogP contribution in [0.25, 0.3) is 0 Å². The minimum atomic E-state index is 0.0441. The summed E-state index contributed by atoms with van der Waals surface area (Å²) in [4.78, 5) is 6.21. The lowest BCUT2D eigenvalue weighted by Crippen LogP contribution is -2.20. The first-order valence-electron chi connectivity index (χ1n) is 5.87. The van der Waals surface area contributed by atoms with Gasteiger partial charge in [0, 0.05) is 18.9 Å². The average Bonchev–Trinajstić information content (AvgIpc) is 2.45. The Morgan fingerprint density at radius 3 is 2.79 bits per heavy atom. The van der Waals surface area contributed by atoms with Gasteiger partial charge in [-0.3, -0.25) is 0 Å². The number of nitrogens with zero attached hydrogens (tertiary/aromatic N) is 3. The van der Waals surface area contributed by atoms with Crippen LogP contribution in [-0.4, -0.2) is 23.1 Å². The van der Waals surface area contributed by atoms with Crippen molar-refractivity contribution in [2.75, 3.05) is 11.9 Å². The average molecular weight is 256 g/mol. The Balaban J connectivity index is 2.47. The Morgan fingerprint density at radius 1 is 1.32 bits per heavy atom. The summed E-state index contributed by atoms with van der Waals surface area (Å²) in [6, 6.07) is 11.6. The molecule has 0 saturated carbocycles. The van der Waals surface area contributed by atoms with Crippen molar-refractivity contribution in [1.29, 1.82) is 0 Å². The summed E-state index contributed by atoms with van der Waals surface area (Å²) in [7, 11) is 1.89. The molecule has 0 atom stereocenters. The molecule has 0 radical (unpaired) electrons. The highest BCUT2D eigenvalue weighted by Gasteiger charge is 2.13. The quantitative estimate of drug-likeness (QED) is 0.382. The molecule has 0 saturated heterocycles. The number of pyridine rings is 1. The van der Waals surface area contributed by atoms with E-state index in [-0.39, 0.29) is 5.84 Å². The van der Waals surface area contributed by atoms with Gasteiger partial charge in [0.05, 0.1) is 5.56 Å². The topological polar surface area (TPSA) is 74.7 Å². The second kappa shape index (κ2) is 5.39. The number of anilines is 2. The van der Waals surface area contributed by atoms with Crippen molar-refractivity contribution in [3.05, 3.63) is 53.7 Å². The number of amidine groups is 1. The molecular weight excluding hydrogens is 240 g/mol. The normalized spacial score (nSPS) is 11.4. The highest BCUT2D eigenvalue weighted by Crippen LogP contribution is 2.25. The smallest absolute Gasteiger partial charge is 0.173 e. The van der Waals surface area contributed by atoms with Crippen molar-refractivity contribution in [2.45, 2.75) is 6.92 Å². The molecule has 0 bridgehead atoms. The maximum absolute atomic E-state index is 8.83. The monoisotopic (exact) mass is 256 g/mol. The van der Waals surface area contributed by atoms with Crippen molar-refractivity contribution in [3.63, 3.8) is 0 Å². The van der Waals surface area contributed by atoms with Crippen LogP contribution in [0.1, 0.15) is 11.1 Å². The van der Waals surface area contributed by atoms with Gasteiger partial charge in [-0.2, -0.15) is 0 Å². The summed E-state index contributed by atoms with van der Waals surface area (Å²) >= 11 is 0. The summed E-state index contributed by atoms with van der Waals surface area (Å²) in [6.07, 6.45) is 1.68. The van der Waals surface area contributed by atoms with Crippen LogP contribution in [0, 0.1) is 6.92 Å². The number of benzene rings is 1. The summed E-state index contributed by atoms with van der Waals surface area (Å²) in [6.45, 7) is 2.03. The fourth-order valence-corrected chi connectivity index (χ4v) is 1.88. The van der Waals surface area contributed by atoms with E-state index in [4.69, 9.17) is 10.9 Å². The van der Waals surface area contributed by atoms with E-state index in [9.17, 15) is 0 Å².